The monoisotopic (exact) mass is 962 g/mol. The van der Waals surface area contributed by atoms with Gasteiger partial charge in [0.2, 0.25) is 29.5 Å². The Labute approximate surface area is 384 Å². The van der Waals surface area contributed by atoms with Gasteiger partial charge < -0.3 is 108 Å². The number of benzene rings is 3. The van der Waals surface area contributed by atoms with Crippen molar-refractivity contribution in [1.82, 2.24) is 0 Å². The number of carbonyl (C=O) groups excluding carboxylic acids is 1. The van der Waals surface area contributed by atoms with Gasteiger partial charge in [0.25, 0.3) is 0 Å². The molecule has 12 N–H and O–H groups in total. The molecule has 0 radical (unpaired) electrons. The van der Waals surface area contributed by atoms with Gasteiger partial charge in [0.05, 0.1) is 26.4 Å². The lowest BCUT2D eigenvalue weighted by atomic mass is 9.97. The van der Waals surface area contributed by atoms with Gasteiger partial charge in [0.15, 0.2) is 41.2 Å². The Balaban J connectivity index is 1.25. The van der Waals surface area contributed by atoms with Gasteiger partial charge >= 0.3 is 5.97 Å². The molecule has 4 heterocycles. The summed E-state index contributed by atoms with van der Waals surface area (Å²) >= 11 is 0. The van der Waals surface area contributed by atoms with Crippen molar-refractivity contribution < 1.29 is 113 Å². The van der Waals surface area contributed by atoms with Gasteiger partial charge in [-0.2, -0.15) is 0 Å². The normalized spacial score (nSPS) is 31.9. The van der Waals surface area contributed by atoms with Crippen molar-refractivity contribution in [1.29, 1.82) is 0 Å². The van der Waals surface area contributed by atoms with E-state index >= 15 is 0 Å². The Morgan fingerprint density at radius 2 is 1.28 bits per heavy atom. The standard InChI is InChI=1S/C44H50O24/c1-15-29(49)34(54)37(57)42(62-15)64-19-12-22(47)28-23(13-19)65-39(18-6-7-20(45)21(46)11-18)40(33(28)53)67-44-41(68-43-38(58)35(55)30(50)16(2)63-43)36(56)32(52)26(66-44)14-61-27(48)8-5-17-9-24(59-3)31(51)25(10-17)60-4/h5-13,15-16,26,29-30,32,34-38,41-47,49-52,54-58H,14H2,1-4H3/b8-5+/t15?,16?,26?,29-,30-,32+,34?,35?,36?,37-,38-,41-,42-,43?,44-/m0/s1. The average molecular weight is 963 g/mol. The van der Waals surface area contributed by atoms with Crippen LogP contribution >= 0.6 is 0 Å². The highest BCUT2D eigenvalue weighted by atomic mass is 16.8. The summed E-state index contributed by atoms with van der Waals surface area (Å²) in [7, 11) is 2.60. The highest BCUT2D eigenvalue weighted by molar-refractivity contribution is 5.89. The molecule has 3 fully saturated rings. The number of hydrogen-bond donors (Lipinski definition) is 12. The van der Waals surface area contributed by atoms with Gasteiger partial charge in [-0.3, -0.25) is 4.79 Å². The number of fused-ring (bicyclic) bond motifs is 1. The number of aliphatic hydroxyl groups is 8. The summed E-state index contributed by atoms with van der Waals surface area (Å²) in [6, 6.07) is 7.96. The van der Waals surface area contributed by atoms with Crippen LogP contribution in [-0.4, -0.2) is 180 Å². The van der Waals surface area contributed by atoms with E-state index in [0.29, 0.717) is 5.56 Å². The molecule has 3 aliphatic rings. The van der Waals surface area contributed by atoms with Crippen LogP contribution in [0.3, 0.4) is 0 Å². The van der Waals surface area contributed by atoms with E-state index in [4.69, 9.17) is 47.0 Å². The lowest BCUT2D eigenvalue weighted by Gasteiger charge is -2.45. The zero-order valence-corrected chi connectivity index (χ0v) is 36.3. The van der Waals surface area contributed by atoms with Crippen LogP contribution < -0.4 is 24.4 Å². The number of aliphatic hydroxyl groups excluding tert-OH is 8. The summed E-state index contributed by atoms with van der Waals surface area (Å²) in [5.74, 6) is -5.02. The average Bonchev–Trinajstić information content (AvgIpc) is 3.31. The van der Waals surface area contributed by atoms with Crippen molar-refractivity contribution in [3.8, 4) is 57.3 Å². The molecule has 0 spiro atoms. The molecular formula is C44H50O24. The molecule has 0 aliphatic carbocycles. The zero-order chi connectivity index (χ0) is 49.5. The van der Waals surface area contributed by atoms with E-state index in [-0.39, 0.29) is 28.6 Å². The van der Waals surface area contributed by atoms with Crippen molar-refractivity contribution in [2.75, 3.05) is 20.8 Å². The van der Waals surface area contributed by atoms with E-state index in [1.165, 1.54) is 52.3 Å². The van der Waals surface area contributed by atoms with Crippen molar-refractivity contribution in [3.63, 3.8) is 0 Å². The maximum Gasteiger partial charge on any atom is 0.330 e. The van der Waals surface area contributed by atoms with Crippen LogP contribution in [-0.2, 0) is 28.5 Å². The van der Waals surface area contributed by atoms with Crippen molar-refractivity contribution >= 4 is 23.0 Å². The number of esters is 1. The quantitative estimate of drug-likeness (QED) is 0.0425. The molecule has 4 aromatic rings. The number of aromatic hydroxyl groups is 4. The van der Waals surface area contributed by atoms with Crippen LogP contribution in [0.25, 0.3) is 28.4 Å². The molecule has 24 nitrogen and oxygen atoms in total. The number of rotatable bonds is 13. The molecule has 7 unspecified atom stereocenters. The fourth-order valence-electron chi connectivity index (χ4n) is 7.60. The van der Waals surface area contributed by atoms with Gasteiger partial charge in [-0.25, -0.2) is 4.79 Å². The largest absolute Gasteiger partial charge is 0.507 e. The summed E-state index contributed by atoms with van der Waals surface area (Å²) < 4.78 is 56.4. The smallest absolute Gasteiger partial charge is 0.330 e. The molecule has 15 atom stereocenters. The van der Waals surface area contributed by atoms with E-state index in [1.54, 1.807) is 0 Å². The van der Waals surface area contributed by atoms with Gasteiger partial charge in [-0.15, -0.1) is 0 Å². The summed E-state index contributed by atoms with van der Waals surface area (Å²) in [5, 5.41) is 127. The predicted molar refractivity (Wildman–Crippen MR) is 226 cm³/mol. The van der Waals surface area contributed by atoms with E-state index in [9.17, 15) is 70.9 Å². The third-order valence-corrected chi connectivity index (χ3v) is 11.5. The molecule has 24 heteroatoms. The number of carbonyl (C=O) groups is 1. The van der Waals surface area contributed by atoms with Crippen molar-refractivity contribution in [2.24, 2.45) is 0 Å². The first-order valence-corrected chi connectivity index (χ1v) is 20.8. The Morgan fingerprint density at radius 3 is 1.90 bits per heavy atom. The molecule has 7 rings (SSSR count). The summed E-state index contributed by atoms with van der Waals surface area (Å²) in [4.78, 5) is 27.5. The summed E-state index contributed by atoms with van der Waals surface area (Å²) in [6.45, 7) is 1.94. The molecule has 0 bridgehead atoms. The lowest BCUT2D eigenvalue weighted by Crippen LogP contribution is -2.64. The first kappa shape index (κ1) is 49.9. The van der Waals surface area contributed by atoms with E-state index in [1.807, 2.05) is 0 Å². The molecule has 3 saturated heterocycles. The Kier molecular flexibility index (Phi) is 14.9. The fraction of sp³-hybridized carbons (Fsp3) is 0.455. The number of ether oxygens (including phenoxy) is 9. The summed E-state index contributed by atoms with van der Waals surface area (Å²) in [5.41, 5.74) is -1.42. The number of phenols is 4. The SMILES string of the molecule is COc1cc(/C=C/C(=O)OCC2O[C@@H](Oc3c(-c4ccc(O)c(O)c4)oc4cc(O[C@@H]5OC(C)[C@H](O)C(O)[C@@H]5O)cc(O)c4c3=O)[C@@H](OC3OC(C)[C@H](O)C(O)[C@@H]3O)C(O)[C@@H]2O)cc(OC)c1O. The third kappa shape index (κ3) is 9.93. The van der Waals surface area contributed by atoms with Gasteiger partial charge in [0, 0.05) is 23.8 Å². The topological polar surface area (TPSA) is 373 Å². The minimum absolute atomic E-state index is 0.0305. The molecular weight excluding hydrogens is 912 g/mol. The van der Waals surface area contributed by atoms with Crippen LogP contribution in [0, 0.1) is 0 Å². The van der Waals surface area contributed by atoms with Crippen LogP contribution in [0.4, 0.5) is 0 Å². The highest BCUT2D eigenvalue weighted by Crippen LogP contribution is 2.41. The Morgan fingerprint density at radius 1 is 0.662 bits per heavy atom. The first-order chi connectivity index (χ1) is 32.2. The van der Waals surface area contributed by atoms with Crippen LogP contribution in [0.5, 0.6) is 46.0 Å². The maximum atomic E-state index is 14.6. The minimum atomic E-state index is -2.11. The molecule has 68 heavy (non-hydrogen) atoms. The van der Waals surface area contributed by atoms with E-state index in [0.717, 1.165) is 30.3 Å². The highest BCUT2D eigenvalue weighted by Gasteiger charge is 2.52. The Bertz CT molecular complexity index is 2520. The summed E-state index contributed by atoms with van der Waals surface area (Å²) in [6.07, 6.45) is -23.6. The fourth-order valence-corrected chi connectivity index (χ4v) is 7.60. The molecule has 0 amide bonds. The second-order valence-corrected chi connectivity index (χ2v) is 16.1. The van der Waals surface area contributed by atoms with Gasteiger partial charge in [0.1, 0.15) is 84.0 Å². The Hall–Kier alpha value is -6.00. The second kappa shape index (κ2) is 20.3. The number of methoxy groups -OCH3 is 2. The minimum Gasteiger partial charge on any atom is -0.507 e. The van der Waals surface area contributed by atoms with Crippen LogP contribution in [0.1, 0.15) is 19.4 Å². The van der Waals surface area contributed by atoms with E-state index in [2.05, 4.69) is 0 Å². The lowest BCUT2D eigenvalue weighted by molar-refractivity contribution is -0.354. The molecule has 3 aromatic carbocycles. The number of hydrogen-bond acceptors (Lipinski definition) is 24. The van der Waals surface area contributed by atoms with Crippen molar-refractivity contribution in [2.45, 2.75) is 106 Å². The molecule has 370 valence electrons. The number of phenolic OH excluding ortho intramolecular Hbond substituents is 4. The van der Waals surface area contributed by atoms with E-state index < -0.39 is 150 Å². The molecule has 0 saturated carbocycles. The first-order valence-electron chi connectivity index (χ1n) is 20.8. The van der Waals surface area contributed by atoms with Gasteiger partial charge in [-0.05, 0) is 55.8 Å². The maximum absolute atomic E-state index is 14.6. The molecule has 3 aliphatic heterocycles. The van der Waals surface area contributed by atoms with Gasteiger partial charge in [-0.1, -0.05) is 0 Å². The van der Waals surface area contributed by atoms with Crippen molar-refractivity contribution in [3.05, 3.63) is 64.3 Å². The third-order valence-electron chi connectivity index (χ3n) is 11.5. The molecule has 1 aromatic heterocycles. The van der Waals surface area contributed by atoms with Crippen LogP contribution in [0.2, 0.25) is 0 Å². The predicted octanol–water partition coefficient (Wildman–Crippen LogP) is -1.20. The zero-order valence-electron chi connectivity index (χ0n) is 36.3. The van der Waals surface area contributed by atoms with Crippen LogP contribution in [0.15, 0.2) is 57.8 Å². The second-order valence-electron chi connectivity index (χ2n) is 16.1.